The molecule has 4 rings (SSSR count). The maximum atomic E-state index is 13.2. The van der Waals surface area contributed by atoms with Gasteiger partial charge in [0.2, 0.25) is 0 Å². The summed E-state index contributed by atoms with van der Waals surface area (Å²) in [6.07, 6.45) is 5.49. The minimum Gasteiger partial charge on any atom is -0.437 e. The second-order valence-electron chi connectivity index (χ2n) is 5.64. The van der Waals surface area contributed by atoms with Gasteiger partial charge >= 0.3 is 5.88 Å². The molecule has 0 radical (unpaired) electrons. The Morgan fingerprint density at radius 3 is 2.91 bits per heavy atom. The second-order valence-corrected chi connectivity index (χ2v) is 5.64. The zero-order valence-corrected chi connectivity index (χ0v) is 12.0. The van der Waals surface area contributed by atoms with E-state index in [1.807, 2.05) is 12.2 Å². The summed E-state index contributed by atoms with van der Waals surface area (Å²) in [5, 5.41) is 3.37. The lowest BCUT2D eigenvalue weighted by molar-refractivity contribution is -0.490. The number of nitrogens with zero attached hydrogens (tertiary/aromatic N) is 1. The first-order valence-corrected chi connectivity index (χ1v) is 7.49. The van der Waals surface area contributed by atoms with Gasteiger partial charge in [-0.15, -0.1) is 0 Å². The number of hydrogen-bond donors (Lipinski definition) is 1. The smallest absolute Gasteiger partial charge is 0.427 e. The van der Waals surface area contributed by atoms with E-state index in [9.17, 15) is 9.30 Å². The molecular weight excluding hydrogens is 283 g/mol. The zero-order chi connectivity index (χ0) is 15.1. The summed E-state index contributed by atoms with van der Waals surface area (Å²) in [7, 11) is 0. The van der Waals surface area contributed by atoms with Gasteiger partial charge in [-0.3, -0.25) is 0 Å². The topological polar surface area (TPSA) is 41.3 Å². The Hall–Kier alpha value is -2.43. The van der Waals surface area contributed by atoms with Gasteiger partial charge < -0.3 is 10.1 Å². The molecule has 0 spiro atoms. The molecule has 0 fully saturated rings. The van der Waals surface area contributed by atoms with Crippen LogP contribution in [0.25, 0.3) is 0 Å². The highest BCUT2D eigenvalue weighted by molar-refractivity contribution is 5.47. The van der Waals surface area contributed by atoms with Gasteiger partial charge in [0, 0.05) is 17.9 Å². The molecule has 3 aliphatic heterocycles. The molecule has 1 unspecified atom stereocenters. The van der Waals surface area contributed by atoms with Crippen molar-refractivity contribution in [3.8, 4) is 0 Å². The number of nitroso groups, excluding NO2 is 1. The fourth-order valence-electron chi connectivity index (χ4n) is 3.33. The van der Waals surface area contributed by atoms with Crippen molar-refractivity contribution in [1.29, 1.82) is 0 Å². The molecule has 0 amide bonds. The predicted molar refractivity (Wildman–Crippen MR) is 79.1 cm³/mol. The average Bonchev–Trinajstić information content (AvgIpc) is 2.57. The van der Waals surface area contributed by atoms with Crippen LogP contribution in [0.5, 0.6) is 0 Å². The summed E-state index contributed by atoms with van der Waals surface area (Å²) in [5.74, 6) is 0.00683. The van der Waals surface area contributed by atoms with E-state index < -0.39 is 0 Å². The van der Waals surface area contributed by atoms with E-state index in [0.29, 0.717) is 12.5 Å². The molecular formula is C17H16FN2O2+. The molecule has 0 saturated carbocycles. The minimum absolute atomic E-state index is 0.104. The van der Waals surface area contributed by atoms with Crippen molar-refractivity contribution in [2.24, 2.45) is 0 Å². The normalized spacial score (nSPS) is 23.7. The molecule has 3 heterocycles. The fourth-order valence-corrected chi connectivity index (χ4v) is 3.33. The number of allylic oxidation sites excluding steroid dienone is 3. The number of hydrogen-bond acceptors (Lipinski definition) is 3. The summed E-state index contributed by atoms with van der Waals surface area (Å²) in [6.45, 7) is 1.25. The van der Waals surface area contributed by atoms with Crippen molar-refractivity contribution in [2.45, 2.75) is 18.8 Å². The third-order valence-electron chi connectivity index (χ3n) is 4.31. The van der Waals surface area contributed by atoms with Crippen LogP contribution in [0, 0.1) is 10.7 Å². The molecule has 22 heavy (non-hydrogen) atoms. The Kier molecular flexibility index (Phi) is 3.06. The Balaban J connectivity index is 1.89. The number of halogens is 1. The van der Waals surface area contributed by atoms with Crippen LogP contribution in [-0.2, 0) is 4.74 Å². The van der Waals surface area contributed by atoms with Gasteiger partial charge in [-0.1, -0.05) is 12.1 Å². The molecule has 4 nitrogen and oxygen atoms in total. The highest BCUT2D eigenvalue weighted by Gasteiger charge is 2.45. The summed E-state index contributed by atoms with van der Waals surface area (Å²) in [5.41, 5.74) is 3.44. The molecule has 0 saturated heterocycles. The number of benzene rings is 1. The quantitative estimate of drug-likeness (QED) is 0.810. The van der Waals surface area contributed by atoms with Gasteiger partial charge in [0.25, 0.3) is 5.70 Å². The average molecular weight is 299 g/mol. The largest absolute Gasteiger partial charge is 0.437 e. The van der Waals surface area contributed by atoms with E-state index in [1.54, 1.807) is 12.1 Å². The molecule has 1 atom stereocenters. The Bertz CT molecular complexity index is 732. The molecule has 1 N–H and O–H groups in total. The van der Waals surface area contributed by atoms with Crippen LogP contribution < -0.4 is 5.32 Å². The molecule has 0 bridgehead atoms. The highest BCUT2D eigenvalue weighted by Crippen LogP contribution is 2.43. The zero-order valence-electron chi connectivity index (χ0n) is 12.0. The fraction of sp³-hybridized carbons (Fsp3) is 0.294. The van der Waals surface area contributed by atoms with Gasteiger partial charge in [0.05, 0.1) is 17.2 Å². The highest BCUT2D eigenvalue weighted by atomic mass is 19.1. The second kappa shape index (κ2) is 5.09. The lowest BCUT2D eigenvalue weighted by Gasteiger charge is -2.29. The van der Waals surface area contributed by atoms with Crippen molar-refractivity contribution < 1.29 is 13.9 Å². The van der Waals surface area contributed by atoms with Crippen LogP contribution >= 0.6 is 0 Å². The Morgan fingerprint density at radius 1 is 1.27 bits per heavy atom. The third kappa shape index (κ3) is 1.96. The van der Waals surface area contributed by atoms with Gasteiger partial charge in [-0.2, -0.15) is 0 Å². The lowest BCUT2D eigenvalue weighted by Crippen LogP contribution is -2.35. The van der Waals surface area contributed by atoms with Crippen molar-refractivity contribution in [2.75, 3.05) is 13.2 Å². The summed E-state index contributed by atoms with van der Waals surface area (Å²) in [6, 6.07) is 6.45. The molecule has 0 aromatic heterocycles. The van der Waals surface area contributed by atoms with E-state index in [4.69, 9.17) is 4.74 Å². The summed E-state index contributed by atoms with van der Waals surface area (Å²) >= 11 is 0. The van der Waals surface area contributed by atoms with Crippen molar-refractivity contribution >= 4 is 0 Å². The molecule has 1 aromatic carbocycles. The van der Waals surface area contributed by atoms with Gasteiger partial charge in [0.15, 0.2) is 0 Å². The maximum Gasteiger partial charge on any atom is 0.427 e. The molecule has 112 valence electrons. The SMILES string of the molecule is O=[N+]1C2=C(NCCC2)C(c2ccc(F)cc2)C2=C1OCC=C2. The van der Waals surface area contributed by atoms with Crippen LogP contribution in [0.4, 0.5) is 4.39 Å². The molecule has 1 aromatic rings. The number of nitrogens with one attached hydrogen (secondary N) is 1. The molecule has 0 aliphatic carbocycles. The predicted octanol–water partition coefficient (Wildman–Crippen LogP) is 3.09. The lowest BCUT2D eigenvalue weighted by atomic mass is 9.83. The molecule has 5 heteroatoms. The first-order chi connectivity index (χ1) is 10.8. The van der Waals surface area contributed by atoms with E-state index in [1.165, 1.54) is 12.1 Å². The number of ether oxygens (including phenoxy) is 1. The maximum absolute atomic E-state index is 13.2. The van der Waals surface area contributed by atoms with Crippen LogP contribution in [0.2, 0.25) is 0 Å². The standard InChI is InChI=1S/C17H16FN2O2/c18-12-7-5-11(6-8-12)15-13-3-2-10-22-17(13)20(21)14-4-1-9-19-16(14)15/h2-3,5-8,15,19H,1,4,9-10H2/q+1. The van der Waals surface area contributed by atoms with Gasteiger partial charge in [-0.05, 0) is 36.3 Å². The minimum atomic E-state index is -0.263. The van der Waals surface area contributed by atoms with Crippen LogP contribution in [-0.4, -0.2) is 17.9 Å². The van der Waals surface area contributed by atoms with Crippen molar-refractivity contribution in [1.82, 2.24) is 5.32 Å². The van der Waals surface area contributed by atoms with E-state index >= 15 is 0 Å². The van der Waals surface area contributed by atoms with E-state index in [2.05, 4.69) is 5.32 Å². The van der Waals surface area contributed by atoms with Crippen LogP contribution in [0.3, 0.4) is 0 Å². The first kappa shape index (κ1) is 13.2. The van der Waals surface area contributed by atoms with E-state index in [0.717, 1.165) is 46.7 Å². The molecule has 3 aliphatic rings. The number of rotatable bonds is 1. The van der Waals surface area contributed by atoms with Crippen LogP contribution in [0.15, 0.2) is 59.3 Å². The third-order valence-corrected chi connectivity index (χ3v) is 4.31. The van der Waals surface area contributed by atoms with Crippen molar-refractivity contribution in [3.05, 3.63) is 75.6 Å². The van der Waals surface area contributed by atoms with Crippen molar-refractivity contribution in [3.63, 3.8) is 0 Å². The Labute approximate surface area is 127 Å². The van der Waals surface area contributed by atoms with Gasteiger partial charge in [-0.25, -0.2) is 4.39 Å². The van der Waals surface area contributed by atoms with Gasteiger partial charge in [0.1, 0.15) is 17.2 Å². The summed E-state index contributed by atoms with van der Waals surface area (Å²) < 4.78 is 19.8. The van der Waals surface area contributed by atoms with E-state index in [-0.39, 0.29) is 11.7 Å². The summed E-state index contributed by atoms with van der Waals surface area (Å²) in [4.78, 5) is 12.6. The first-order valence-electron chi connectivity index (χ1n) is 7.49. The van der Waals surface area contributed by atoms with Crippen LogP contribution in [0.1, 0.15) is 24.3 Å². The monoisotopic (exact) mass is 299 g/mol. The Morgan fingerprint density at radius 2 is 2.09 bits per heavy atom.